The zero-order valence-corrected chi connectivity index (χ0v) is 9.17. The lowest BCUT2D eigenvalue weighted by molar-refractivity contribution is -0.114. The number of carboxylic acid groups (broad SMARTS) is 1. The van der Waals surface area contributed by atoms with Crippen molar-refractivity contribution in [1.82, 2.24) is 4.98 Å². The lowest BCUT2D eigenvalue weighted by Crippen LogP contribution is -2.08. The van der Waals surface area contributed by atoms with Crippen LogP contribution in [0, 0.1) is 0 Å². The molecule has 0 radical (unpaired) electrons. The van der Waals surface area contributed by atoms with Crippen molar-refractivity contribution in [2.45, 2.75) is 6.92 Å². The van der Waals surface area contributed by atoms with E-state index < -0.39 is 5.97 Å². The number of carbonyl (C=O) groups excluding carboxylic acids is 1. The second kappa shape index (κ2) is 3.90. The molecule has 0 saturated heterocycles. The number of carboxylic acids is 1. The lowest BCUT2D eigenvalue weighted by Gasteiger charge is -1.98. The van der Waals surface area contributed by atoms with Crippen molar-refractivity contribution in [3.05, 3.63) is 23.9 Å². The molecule has 0 aliphatic rings. The topological polar surface area (TPSA) is 79.3 Å². The van der Waals surface area contributed by atoms with Crippen LogP contribution in [-0.2, 0) is 4.79 Å². The van der Waals surface area contributed by atoms with Crippen LogP contribution in [0.25, 0.3) is 10.2 Å². The molecule has 0 fully saturated rings. The number of amides is 1. The molecular formula is C10H8N2O3S. The van der Waals surface area contributed by atoms with Crippen LogP contribution in [0.3, 0.4) is 0 Å². The number of nitrogens with one attached hydrogen (secondary N) is 1. The molecule has 0 aromatic carbocycles. The SMILES string of the molecule is CC(=O)Nc1sc2cccnc2c1C(=O)O. The van der Waals surface area contributed by atoms with Crippen LogP contribution in [0.5, 0.6) is 0 Å². The van der Waals surface area contributed by atoms with E-state index in [1.807, 2.05) is 0 Å². The van der Waals surface area contributed by atoms with Gasteiger partial charge in [-0.15, -0.1) is 11.3 Å². The van der Waals surface area contributed by atoms with E-state index in [1.165, 1.54) is 24.5 Å². The van der Waals surface area contributed by atoms with Gasteiger partial charge in [-0.3, -0.25) is 9.78 Å². The number of hydrogen-bond acceptors (Lipinski definition) is 4. The molecule has 2 N–H and O–H groups in total. The standard InChI is InChI=1S/C10H8N2O3S/c1-5(13)12-9-7(10(14)15)8-6(16-9)3-2-4-11-8/h2-4H,1H3,(H,12,13)(H,14,15). The minimum atomic E-state index is -1.09. The number of rotatable bonds is 2. The first-order valence-corrected chi connectivity index (χ1v) is 5.29. The van der Waals surface area contributed by atoms with Crippen LogP contribution < -0.4 is 5.32 Å². The number of nitrogens with zero attached hydrogens (tertiary/aromatic N) is 1. The molecule has 2 rings (SSSR count). The third-order valence-electron chi connectivity index (χ3n) is 1.95. The van der Waals surface area contributed by atoms with Crippen LogP contribution in [0.4, 0.5) is 5.00 Å². The highest BCUT2D eigenvalue weighted by molar-refractivity contribution is 7.23. The molecule has 0 aliphatic heterocycles. The van der Waals surface area contributed by atoms with Crippen molar-refractivity contribution in [2.24, 2.45) is 0 Å². The Morgan fingerprint density at radius 2 is 2.25 bits per heavy atom. The van der Waals surface area contributed by atoms with E-state index in [2.05, 4.69) is 10.3 Å². The Kier molecular flexibility index (Phi) is 2.57. The van der Waals surface area contributed by atoms with Crippen LogP contribution in [0.15, 0.2) is 18.3 Å². The first kappa shape index (κ1) is 10.6. The maximum atomic E-state index is 11.1. The zero-order valence-electron chi connectivity index (χ0n) is 8.35. The average molecular weight is 236 g/mol. The number of carbonyl (C=O) groups is 2. The lowest BCUT2D eigenvalue weighted by atomic mass is 10.2. The number of pyridine rings is 1. The van der Waals surface area contributed by atoms with Gasteiger partial charge in [0.1, 0.15) is 10.6 Å². The monoisotopic (exact) mass is 236 g/mol. The quantitative estimate of drug-likeness (QED) is 0.835. The highest BCUT2D eigenvalue weighted by atomic mass is 32.1. The number of aromatic carboxylic acids is 1. The minimum absolute atomic E-state index is 0.0517. The van der Waals surface area contributed by atoms with E-state index in [0.29, 0.717) is 10.5 Å². The molecule has 0 atom stereocenters. The van der Waals surface area contributed by atoms with E-state index >= 15 is 0 Å². The molecule has 16 heavy (non-hydrogen) atoms. The van der Waals surface area contributed by atoms with Crippen molar-refractivity contribution in [3.63, 3.8) is 0 Å². The van der Waals surface area contributed by atoms with Gasteiger partial charge in [-0.25, -0.2) is 4.79 Å². The molecule has 2 heterocycles. The number of hydrogen-bond donors (Lipinski definition) is 2. The second-order valence-corrected chi connectivity index (χ2v) is 4.19. The summed E-state index contributed by atoms with van der Waals surface area (Å²) in [5.74, 6) is -1.39. The molecular weight excluding hydrogens is 228 g/mol. The Hall–Kier alpha value is -1.95. The summed E-state index contributed by atoms with van der Waals surface area (Å²) in [5.41, 5.74) is 0.458. The van der Waals surface area contributed by atoms with E-state index in [-0.39, 0.29) is 11.5 Å². The number of thiophene rings is 1. The third-order valence-corrected chi connectivity index (χ3v) is 3.01. The van der Waals surface area contributed by atoms with Crippen molar-refractivity contribution < 1.29 is 14.7 Å². The van der Waals surface area contributed by atoms with Gasteiger partial charge in [0.25, 0.3) is 0 Å². The van der Waals surface area contributed by atoms with E-state index in [0.717, 1.165) is 4.70 Å². The molecule has 0 aliphatic carbocycles. The van der Waals surface area contributed by atoms with Crippen LogP contribution in [0.2, 0.25) is 0 Å². The molecule has 0 bridgehead atoms. The fourth-order valence-corrected chi connectivity index (χ4v) is 2.47. The predicted octanol–water partition coefficient (Wildman–Crippen LogP) is 1.95. The van der Waals surface area contributed by atoms with Crippen LogP contribution in [0.1, 0.15) is 17.3 Å². The normalized spacial score (nSPS) is 10.3. The van der Waals surface area contributed by atoms with Crippen molar-refractivity contribution in [2.75, 3.05) is 5.32 Å². The minimum Gasteiger partial charge on any atom is -0.478 e. The average Bonchev–Trinajstić information content (AvgIpc) is 2.53. The highest BCUT2D eigenvalue weighted by Gasteiger charge is 2.19. The van der Waals surface area contributed by atoms with Crippen molar-refractivity contribution >= 4 is 38.4 Å². The summed E-state index contributed by atoms with van der Waals surface area (Å²) < 4.78 is 0.739. The molecule has 82 valence electrons. The third kappa shape index (κ3) is 1.74. The molecule has 0 unspecified atom stereocenters. The summed E-state index contributed by atoms with van der Waals surface area (Å²) in [5, 5.41) is 11.9. The molecule has 0 saturated carbocycles. The van der Waals surface area contributed by atoms with Gasteiger partial charge in [0.2, 0.25) is 5.91 Å². The van der Waals surface area contributed by atoms with Gasteiger partial charge < -0.3 is 10.4 Å². The molecule has 5 nitrogen and oxygen atoms in total. The van der Waals surface area contributed by atoms with Gasteiger partial charge in [0.05, 0.1) is 10.2 Å². The van der Waals surface area contributed by atoms with Crippen LogP contribution >= 0.6 is 11.3 Å². The van der Waals surface area contributed by atoms with Gasteiger partial charge in [0, 0.05) is 13.1 Å². The summed E-state index contributed by atoms with van der Waals surface area (Å²) in [6.45, 7) is 1.34. The first-order valence-electron chi connectivity index (χ1n) is 4.48. The first-order chi connectivity index (χ1) is 7.59. The summed E-state index contributed by atoms with van der Waals surface area (Å²) in [7, 11) is 0. The molecule has 1 amide bonds. The summed E-state index contributed by atoms with van der Waals surface area (Å²) >= 11 is 1.21. The second-order valence-electron chi connectivity index (χ2n) is 3.14. The molecule has 2 aromatic rings. The number of aromatic nitrogens is 1. The van der Waals surface area contributed by atoms with Gasteiger partial charge >= 0.3 is 5.97 Å². The fourth-order valence-electron chi connectivity index (χ4n) is 1.38. The Morgan fingerprint density at radius 1 is 1.50 bits per heavy atom. The van der Waals surface area contributed by atoms with Gasteiger partial charge in [-0.2, -0.15) is 0 Å². The van der Waals surface area contributed by atoms with Crippen molar-refractivity contribution in [3.8, 4) is 0 Å². The maximum absolute atomic E-state index is 11.1. The summed E-state index contributed by atoms with van der Waals surface area (Å²) in [6, 6.07) is 3.49. The molecule has 6 heteroatoms. The number of anilines is 1. The van der Waals surface area contributed by atoms with Gasteiger partial charge in [-0.05, 0) is 12.1 Å². The largest absolute Gasteiger partial charge is 0.478 e. The fraction of sp³-hybridized carbons (Fsp3) is 0.100. The highest BCUT2D eigenvalue weighted by Crippen LogP contribution is 2.34. The van der Waals surface area contributed by atoms with Crippen molar-refractivity contribution in [1.29, 1.82) is 0 Å². The molecule has 2 aromatic heterocycles. The Labute approximate surface area is 94.7 Å². The smallest absolute Gasteiger partial charge is 0.340 e. The van der Waals surface area contributed by atoms with Crippen LogP contribution in [-0.4, -0.2) is 22.0 Å². The Morgan fingerprint density at radius 3 is 2.88 bits per heavy atom. The zero-order chi connectivity index (χ0) is 11.7. The van der Waals surface area contributed by atoms with Gasteiger partial charge in [0.15, 0.2) is 0 Å². The van der Waals surface area contributed by atoms with E-state index in [4.69, 9.17) is 5.11 Å². The Balaban J connectivity index is 2.68. The van der Waals surface area contributed by atoms with E-state index in [1.54, 1.807) is 12.1 Å². The van der Waals surface area contributed by atoms with Gasteiger partial charge in [-0.1, -0.05) is 0 Å². The Bertz CT molecular complexity index is 576. The van der Waals surface area contributed by atoms with E-state index in [9.17, 15) is 9.59 Å². The summed E-state index contributed by atoms with van der Waals surface area (Å²) in [4.78, 5) is 26.0. The summed E-state index contributed by atoms with van der Waals surface area (Å²) in [6.07, 6.45) is 1.53. The maximum Gasteiger partial charge on any atom is 0.340 e. The number of fused-ring (bicyclic) bond motifs is 1. The predicted molar refractivity (Wildman–Crippen MR) is 60.9 cm³/mol. The molecule has 0 spiro atoms.